The topological polar surface area (TPSA) is 76.6 Å². The van der Waals surface area contributed by atoms with E-state index in [9.17, 15) is 4.79 Å². The number of aromatic nitrogens is 2. The number of benzene rings is 3. The summed E-state index contributed by atoms with van der Waals surface area (Å²) in [5.74, 6) is 1.90. The molecule has 1 heterocycles. The molecule has 0 unspecified atom stereocenters. The second-order valence-corrected chi connectivity index (χ2v) is 9.41. The predicted molar refractivity (Wildman–Crippen MR) is 156 cm³/mol. The molecule has 0 atom stereocenters. The minimum absolute atomic E-state index is 0.0188. The summed E-state index contributed by atoms with van der Waals surface area (Å²) in [6, 6.07) is 25.0. The molecular weight excluding hydrogens is 512 g/mol. The second-order valence-electron chi connectivity index (χ2n) is 8.97. The molecule has 0 bridgehead atoms. The first-order valence-electron chi connectivity index (χ1n) is 13.0. The van der Waals surface area contributed by atoms with Crippen LogP contribution >= 0.6 is 11.6 Å². The van der Waals surface area contributed by atoms with Gasteiger partial charge < -0.3 is 19.7 Å². The first-order valence-corrected chi connectivity index (χ1v) is 13.4. The number of anilines is 2. The van der Waals surface area contributed by atoms with Crippen molar-refractivity contribution in [3.63, 3.8) is 0 Å². The molecule has 1 N–H and O–H groups in total. The number of ether oxygens (including phenoxy) is 2. The van der Waals surface area contributed by atoms with Crippen molar-refractivity contribution >= 4 is 29.1 Å². The predicted octanol–water partition coefficient (Wildman–Crippen LogP) is 6.72. The minimum atomic E-state index is -0.0274. The van der Waals surface area contributed by atoms with Crippen LogP contribution < -0.4 is 14.8 Å². The Morgan fingerprint density at radius 3 is 2.18 bits per heavy atom. The van der Waals surface area contributed by atoms with Crippen LogP contribution in [0.5, 0.6) is 11.5 Å². The first kappa shape index (κ1) is 27.9. The van der Waals surface area contributed by atoms with Crippen LogP contribution in [0.15, 0.2) is 78.9 Å². The molecule has 8 heteroatoms. The zero-order chi connectivity index (χ0) is 27.6. The Morgan fingerprint density at radius 2 is 1.51 bits per heavy atom. The number of hydrogen-bond acceptors (Lipinski definition) is 6. The Labute approximate surface area is 234 Å². The van der Waals surface area contributed by atoms with Gasteiger partial charge in [-0.1, -0.05) is 23.7 Å². The number of rotatable bonds is 12. The molecule has 0 aliphatic heterocycles. The molecule has 3 aromatic carbocycles. The number of amides is 1. The van der Waals surface area contributed by atoms with Crippen molar-refractivity contribution in [2.24, 2.45) is 0 Å². The van der Waals surface area contributed by atoms with Crippen LogP contribution in [0.1, 0.15) is 25.1 Å². The molecular formula is C31H33ClN4O3. The quantitative estimate of drug-likeness (QED) is 0.213. The highest BCUT2D eigenvalue weighted by molar-refractivity contribution is 6.30. The van der Waals surface area contributed by atoms with Gasteiger partial charge in [-0.15, -0.1) is 0 Å². The molecule has 0 saturated heterocycles. The normalized spacial score (nSPS) is 10.7. The monoisotopic (exact) mass is 544 g/mol. The fraction of sp³-hybridized carbons (Fsp3) is 0.258. The Hall–Kier alpha value is -4.10. The van der Waals surface area contributed by atoms with Crippen LogP contribution in [-0.4, -0.2) is 47.1 Å². The molecule has 39 heavy (non-hydrogen) atoms. The number of aryl methyl sites for hydroxylation is 1. The van der Waals surface area contributed by atoms with Gasteiger partial charge in [-0.05, 0) is 93.1 Å². The second kappa shape index (κ2) is 13.6. The number of carbonyl (C=O) groups is 1. The van der Waals surface area contributed by atoms with Crippen molar-refractivity contribution in [3.8, 4) is 22.8 Å². The molecule has 0 fully saturated rings. The number of halogens is 1. The molecule has 0 aliphatic rings. The molecule has 7 nitrogen and oxygen atoms in total. The summed E-state index contributed by atoms with van der Waals surface area (Å²) in [4.78, 5) is 23.1. The molecule has 0 aliphatic carbocycles. The number of nitrogens with one attached hydrogen (secondary N) is 1. The van der Waals surface area contributed by atoms with Crippen molar-refractivity contribution in [1.82, 2.24) is 14.9 Å². The molecule has 0 spiro atoms. The van der Waals surface area contributed by atoms with Crippen LogP contribution in [0.4, 0.5) is 11.6 Å². The molecule has 1 amide bonds. The van der Waals surface area contributed by atoms with Crippen molar-refractivity contribution < 1.29 is 14.3 Å². The average Bonchev–Trinajstić information content (AvgIpc) is 2.94. The Kier molecular flexibility index (Phi) is 9.75. The molecule has 1 aromatic heterocycles. The van der Waals surface area contributed by atoms with E-state index in [4.69, 9.17) is 26.1 Å². The van der Waals surface area contributed by atoms with Gasteiger partial charge in [0.25, 0.3) is 5.91 Å². The average molecular weight is 545 g/mol. The SMILES string of the molecule is CCN(CC)C(=O)COc1ccc(Nc2nc(C)cc(-c3ccc(OCCc4ccc(Cl)cc4)cc3)n2)cc1. The first-order chi connectivity index (χ1) is 18.9. The van der Waals surface area contributed by atoms with E-state index in [2.05, 4.69) is 10.3 Å². The fourth-order valence-corrected chi connectivity index (χ4v) is 4.13. The van der Waals surface area contributed by atoms with E-state index in [1.165, 1.54) is 5.56 Å². The minimum Gasteiger partial charge on any atom is -0.493 e. The van der Waals surface area contributed by atoms with Gasteiger partial charge in [0, 0.05) is 41.5 Å². The number of likely N-dealkylation sites (N-methyl/N-ethyl adjacent to an activating group) is 1. The summed E-state index contributed by atoms with van der Waals surface area (Å²) < 4.78 is 11.6. The van der Waals surface area contributed by atoms with E-state index in [0.29, 0.717) is 31.4 Å². The summed E-state index contributed by atoms with van der Waals surface area (Å²) >= 11 is 5.95. The number of nitrogens with zero attached hydrogens (tertiary/aromatic N) is 3. The van der Waals surface area contributed by atoms with E-state index >= 15 is 0 Å². The van der Waals surface area contributed by atoms with Gasteiger partial charge in [0.15, 0.2) is 6.61 Å². The van der Waals surface area contributed by atoms with E-state index in [1.807, 2.05) is 99.6 Å². The third-order valence-electron chi connectivity index (χ3n) is 6.17. The molecule has 4 rings (SSSR count). The van der Waals surface area contributed by atoms with Gasteiger partial charge in [0.1, 0.15) is 11.5 Å². The Balaban J connectivity index is 1.34. The summed E-state index contributed by atoms with van der Waals surface area (Å²) in [6.45, 7) is 7.79. The smallest absolute Gasteiger partial charge is 0.260 e. The van der Waals surface area contributed by atoms with E-state index < -0.39 is 0 Å². The van der Waals surface area contributed by atoms with E-state index in [1.54, 1.807) is 4.90 Å². The van der Waals surface area contributed by atoms with Gasteiger partial charge in [-0.3, -0.25) is 4.79 Å². The highest BCUT2D eigenvalue weighted by Crippen LogP contribution is 2.24. The third-order valence-corrected chi connectivity index (χ3v) is 6.42. The van der Waals surface area contributed by atoms with Crippen LogP contribution in [0.25, 0.3) is 11.3 Å². The Morgan fingerprint density at radius 1 is 0.872 bits per heavy atom. The summed E-state index contributed by atoms with van der Waals surface area (Å²) in [6.07, 6.45) is 0.806. The molecule has 0 saturated carbocycles. The maximum Gasteiger partial charge on any atom is 0.260 e. The van der Waals surface area contributed by atoms with Gasteiger partial charge >= 0.3 is 0 Å². The maximum absolute atomic E-state index is 12.2. The van der Waals surface area contributed by atoms with Crippen LogP contribution in [-0.2, 0) is 11.2 Å². The van der Waals surface area contributed by atoms with Gasteiger partial charge in [-0.2, -0.15) is 0 Å². The number of carbonyl (C=O) groups excluding carboxylic acids is 1. The molecule has 202 valence electrons. The fourth-order valence-electron chi connectivity index (χ4n) is 4.01. The highest BCUT2D eigenvalue weighted by Gasteiger charge is 2.10. The third kappa shape index (κ3) is 8.19. The van der Waals surface area contributed by atoms with Crippen LogP contribution in [0, 0.1) is 6.92 Å². The Bertz CT molecular complexity index is 1360. The van der Waals surface area contributed by atoms with Crippen molar-refractivity contribution in [2.45, 2.75) is 27.2 Å². The lowest BCUT2D eigenvalue weighted by atomic mass is 10.1. The lowest BCUT2D eigenvalue weighted by Gasteiger charge is -2.18. The maximum atomic E-state index is 12.2. The zero-order valence-electron chi connectivity index (χ0n) is 22.5. The highest BCUT2D eigenvalue weighted by atomic mass is 35.5. The van der Waals surface area contributed by atoms with Crippen LogP contribution in [0.2, 0.25) is 5.02 Å². The summed E-state index contributed by atoms with van der Waals surface area (Å²) in [5, 5.41) is 3.99. The summed E-state index contributed by atoms with van der Waals surface area (Å²) in [7, 11) is 0. The van der Waals surface area contributed by atoms with Gasteiger partial charge in [0.2, 0.25) is 5.95 Å². The van der Waals surface area contributed by atoms with Crippen molar-refractivity contribution in [3.05, 3.63) is 95.1 Å². The molecule has 0 radical (unpaired) electrons. The number of hydrogen-bond donors (Lipinski definition) is 1. The lowest BCUT2D eigenvalue weighted by molar-refractivity contribution is -0.132. The van der Waals surface area contributed by atoms with Gasteiger partial charge in [-0.25, -0.2) is 9.97 Å². The van der Waals surface area contributed by atoms with Crippen molar-refractivity contribution in [2.75, 3.05) is 31.6 Å². The van der Waals surface area contributed by atoms with Crippen LogP contribution in [0.3, 0.4) is 0 Å². The largest absolute Gasteiger partial charge is 0.493 e. The van der Waals surface area contributed by atoms with Gasteiger partial charge in [0.05, 0.1) is 12.3 Å². The standard InChI is InChI=1S/C31H33ClN4O3/c1-4-36(5-2)30(37)21-39-28-16-12-26(13-17-28)34-31-33-22(3)20-29(35-31)24-8-14-27(15-9-24)38-19-18-23-6-10-25(32)11-7-23/h6-17,20H,4-5,18-19,21H2,1-3H3,(H,33,34,35). The zero-order valence-corrected chi connectivity index (χ0v) is 23.2. The summed E-state index contributed by atoms with van der Waals surface area (Å²) in [5.41, 5.74) is 4.63. The molecule has 4 aromatic rings. The van der Waals surface area contributed by atoms with E-state index in [-0.39, 0.29) is 12.5 Å². The van der Waals surface area contributed by atoms with E-state index in [0.717, 1.165) is 39.8 Å². The van der Waals surface area contributed by atoms with Crippen molar-refractivity contribution in [1.29, 1.82) is 0 Å². The lowest BCUT2D eigenvalue weighted by Crippen LogP contribution is -2.34.